The van der Waals surface area contributed by atoms with E-state index >= 15 is 0 Å². The van der Waals surface area contributed by atoms with Crippen LogP contribution >= 0.6 is 15.9 Å². The van der Waals surface area contributed by atoms with Crippen molar-refractivity contribution in [3.8, 4) is 0 Å². The number of rotatable bonds is 2. The van der Waals surface area contributed by atoms with Crippen LogP contribution in [0.4, 0.5) is 5.69 Å². The molecule has 0 radical (unpaired) electrons. The maximum absolute atomic E-state index is 12.6. The van der Waals surface area contributed by atoms with Gasteiger partial charge in [-0.2, -0.15) is 0 Å². The molecule has 22 heavy (non-hydrogen) atoms. The largest absolute Gasteiger partial charge is 0.311 e. The highest BCUT2D eigenvalue weighted by Gasteiger charge is 2.33. The number of fused-ring (bicyclic) bond motifs is 2. The smallest absolute Gasteiger partial charge is 0.227 e. The molecule has 1 fully saturated rings. The summed E-state index contributed by atoms with van der Waals surface area (Å²) in [6.45, 7) is 0.824. The van der Waals surface area contributed by atoms with Crippen molar-refractivity contribution in [2.24, 2.45) is 5.92 Å². The van der Waals surface area contributed by atoms with Crippen molar-refractivity contribution < 1.29 is 4.79 Å². The molecule has 4 heteroatoms. The van der Waals surface area contributed by atoms with Gasteiger partial charge in [-0.15, -0.1) is 0 Å². The Morgan fingerprint density at radius 1 is 1.23 bits per heavy atom. The molecular weight excluding hydrogens is 340 g/mol. The Bertz CT molecular complexity index is 743. The number of nitrogens with zero attached hydrogens (tertiary/aromatic N) is 2. The number of aryl methyl sites for hydroxylation is 1. The molecule has 2 heterocycles. The van der Waals surface area contributed by atoms with E-state index in [1.54, 1.807) is 0 Å². The Hall–Kier alpha value is -1.42. The van der Waals surface area contributed by atoms with Crippen molar-refractivity contribution in [2.75, 3.05) is 16.8 Å². The Labute approximate surface area is 138 Å². The maximum Gasteiger partial charge on any atom is 0.227 e. The van der Waals surface area contributed by atoms with E-state index in [0.717, 1.165) is 41.3 Å². The molecule has 0 bridgehead atoms. The lowest BCUT2D eigenvalue weighted by Crippen LogP contribution is -2.27. The number of anilines is 1. The minimum atomic E-state index is 0.258. The van der Waals surface area contributed by atoms with Crippen LogP contribution in [0.1, 0.15) is 30.5 Å². The van der Waals surface area contributed by atoms with Gasteiger partial charge in [0.25, 0.3) is 0 Å². The second-order valence-electron chi connectivity index (χ2n) is 6.34. The molecule has 1 aliphatic carbocycles. The van der Waals surface area contributed by atoms with Crippen LogP contribution in [0.25, 0.3) is 10.9 Å². The molecular formula is C18H19BrN2O. The van der Waals surface area contributed by atoms with Crippen LogP contribution in [0.3, 0.4) is 0 Å². The number of pyridine rings is 1. The highest BCUT2D eigenvalue weighted by molar-refractivity contribution is 9.09. The van der Waals surface area contributed by atoms with Crippen molar-refractivity contribution >= 4 is 38.4 Å². The molecule has 1 saturated heterocycles. The normalized spacial score (nSPS) is 21.4. The highest BCUT2D eigenvalue weighted by Crippen LogP contribution is 2.38. The zero-order valence-electron chi connectivity index (χ0n) is 12.5. The number of halogens is 1. The predicted octanol–water partition coefficient (Wildman–Crippen LogP) is 3.86. The fraction of sp³-hybridized carbons (Fsp3) is 0.444. The van der Waals surface area contributed by atoms with E-state index in [4.69, 9.17) is 4.98 Å². The number of carbonyl (C=O) groups excluding carboxylic acids is 1. The van der Waals surface area contributed by atoms with E-state index in [0.29, 0.717) is 12.3 Å². The molecule has 0 spiro atoms. The van der Waals surface area contributed by atoms with Crippen LogP contribution in [-0.4, -0.2) is 22.8 Å². The van der Waals surface area contributed by atoms with Crippen molar-refractivity contribution in [3.63, 3.8) is 0 Å². The minimum Gasteiger partial charge on any atom is -0.311 e. The average Bonchev–Trinajstić information content (AvgIpc) is 2.93. The van der Waals surface area contributed by atoms with E-state index in [-0.39, 0.29) is 5.91 Å². The summed E-state index contributed by atoms with van der Waals surface area (Å²) in [5, 5.41) is 2.02. The third-order valence-corrected chi connectivity index (χ3v) is 5.75. The van der Waals surface area contributed by atoms with Crippen LogP contribution in [0.15, 0.2) is 24.3 Å². The molecule has 1 unspecified atom stereocenters. The molecule has 1 aromatic carbocycles. The monoisotopic (exact) mass is 358 g/mol. The maximum atomic E-state index is 12.6. The van der Waals surface area contributed by atoms with Crippen LogP contribution < -0.4 is 4.90 Å². The number of carbonyl (C=O) groups is 1. The molecule has 114 valence electrons. The van der Waals surface area contributed by atoms with E-state index in [9.17, 15) is 4.79 Å². The topological polar surface area (TPSA) is 33.2 Å². The van der Waals surface area contributed by atoms with Gasteiger partial charge in [-0.25, -0.2) is 0 Å². The quantitative estimate of drug-likeness (QED) is 0.763. The van der Waals surface area contributed by atoms with Gasteiger partial charge in [-0.1, -0.05) is 34.1 Å². The van der Waals surface area contributed by atoms with Gasteiger partial charge in [0.1, 0.15) is 0 Å². The number of alkyl halides is 1. The van der Waals surface area contributed by atoms with E-state index in [1.165, 1.54) is 24.1 Å². The van der Waals surface area contributed by atoms with Crippen molar-refractivity contribution in [1.82, 2.24) is 4.98 Å². The number of hydrogen-bond donors (Lipinski definition) is 0. The Morgan fingerprint density at radius 2 is 2.05 bits per heavy atom. The van der Waals surface area contributed by atoms with Gasteiger partial charge < -0.3 is 4.90 Å². The first-order chi connectivity index (χ1) is 10.8. The van der Waals surface area contributed by atoms with Gasteiger partial charge in [0, 0.05) is 29.4 Å². The summed E-state index contributed by atoms with van der Waals surface area (Å²) in [7, 11) is 0. The lowest BCUT2D eigenvalue weighted by atomic mass is 9.92. The fourth-order valence-electron chi connectivity index (χ4n) is 3.76. The fourth-order valence-corrected chi connectivity index (χ4v) is 4.19. The summed E-state index contributed by atoms with van der Waals surface area (Å²) in [4.78, 5) is 19.5. The molecule has 4 rings (SSSR count). The second-order valence-corrected chi connectivity index (χ2v) is 6.99. The standard InChI is InChI=1S/C18H19BrN2O/c19-10-12-9-17(22)21(11-12)18-13-5-1-3-7-15(13)20-16-8-4-2-6-14(16)18/h1,3,5,7,12H,2,4,6,8-11H2. The van der Waals surface area contributed by atoms with Gasteiger partial charge in [-0.05, 0) is 43.2 Å². The Balaban J connectivity index is 1.93. The molecule has 2 aromatic rings. The van der Waals surface area contributed by atoms with Crippen molar-refractivity contribution in [1.29, 1.82) is 0 Å². The highest BCUT2D eigenvalue weighted by atomic mass is 79.9. The van der Waals surface area contributed by atoms with Gasteiger partial charge in [0.05, 0.1) is 11.2 Å². The minimum absolute atomic E-state index is 0.258. The van der Waals surface area contributed by atoms with Crippen molar-refractivity contribution in [3.05, 3.63) is 35.5 Å². The molecule has 3 nitrogen and oxygen atoms in total. The van der Waals surface area contributed by atoms with Crippen molar-refractivity contribution in [2.45, 2.75) is 32.1 Å². The van der Waals surface area contributed by atoms with Gasteiger partial charge in [0.15, 0.2) is 0 Å². The number of amides is 1. The number of para-hydroxylation sites is 1. The first-order valence-electron chi connectivity index (χ1n) is 8.04. The lowest BCUT2D eigenvalue weighted by molar-refractivity contribution is -0.117. The summed E-state index contributed by atoms with van der Waals surface area (Å²) in [6.07, 6.45) is 5.14. The predicted molar refractivity (Wildman–Crippen MR) is 92.6 cm³/mol. The average molecular weight is 359 g/mol. The summed E-state index contributed by atoms with van der Waals surface area (Å²) in [5.41, 5.74) is 4.69. The number of hydrogen-bond acceptors (Lipinski definition) is 2. The van der Waals surface area contributed by atoms with Crippen LogP contribution in [0.5, 0.6) is 0 Å². The first-order valence-corrected chi connectivity index (χ1v) is 9.17. The van der Waals surface area contributed by atoms with Gasteiger partial charge in [0.2, 0.25) is 5.91 Å². The Kier molecular flexibility index (Phi) is 3.65. The van der Waals surface area contributed by atoms with Gasteiger partial charge >= 0.3 is 0 Å². The number of aromatic nitrogens is 1. The molecule has 2 aliphatic rings. The third-order valence-electron chi connectivity index (χ3n) is 4.83. The molecule has 0 N–H and O–H groups in total. The molecule has 1 aliphatic heterocycles. The van der Waals surface area contributed by atoms with Crippen LogP contribution in [0, 0.1) is 5.92 Å². The molecule has 1 aromatic heterocycles. The zero-order chi connectivity index (χ0) is 15.1. The third kappa shape index (κ3) is 2.24. The van der Waals surface area contributed by atoms with E-state index in [2.05, 4.69) is 28.1 Å². The molecule has 1 amide bonds. The molecule has 0 saturated carbocycles. The van der Waals surface area contributed by atoms with Crippen LogP contribution in [-0.2, 0) is 17.6 Å². The number of benzene rings is 1. The summed E-state index contributed by atoms with van der Waals surface area (Å²) < 4.78 is 0. The molecule has 1 atom stereocenters. The SMILES string of the molecule is O=C1CC(CBr)CN1c1c2c(nc3ccccc13)CCCC2. The van der Waals surface area contributed by atoms with E-state index < -0.39 is 0 Å². The summed E-state index contributed by atoms with van der Waals surface area (Å²) >= 11 is 3.54. The first kappa shape index (κ1) is 14.2. The second kappa shape index (κ2) is 5.65. The van der Waals surface area contributed by atoms with E-state index in [1.807, 2.05) is 17.0 Å². The van der Waals surface area contributed by atoms with Crippen LogP contribution in [0.2, 0.25) is 0 Å². The lowest BCUT2D eigenvalue weighted by Gasteiger charge is -2.26. The summed E-state index contributed by atoms with van der Waals surface area (Å²) in [6, 6.07) is 8.25. The Morgan fingerprint density at radius 3 is 2.86 bits per heavy atom. The zero-order valence-corrected chi connectivity index (χ0v) is 14.1. The van der Waals surface area contributed by atoms with Gasteiger partial charge in [-0.3, -0.25) is 9.78 Å². The summed E-state index contributed by atoms with van der Waals surface area (Å²) in [5.74, 6) is 0.673.